The van der Waals surface area contributed by atoms with Gasteiger partial charge in [0.2, 0.25) is 15.9 Å². The Bertz CT molecular complexity index is 842. The van der Waals surface area contributed by atoms with E-state index < -0.39 is 21.7 Å². The molecule has 0 spiro atoms. The Hall–Kier alpha value is -1.67. The van der Waals surface area contributed by atoms with Crippen molar-refractivity contribution in [2.75, 3.05) is 11.9 Å². The summed E-state index contributed by atoms with van der Waals surface area (Å²) < 4.78 is 39.4. The van der Waals surface area contributed by atoms with Crippen molar-refractivity contribution in [2.24, 2.45) is 0 Å². The predicted molar refractivity (Wildman–Crippen MR) is 91.3 cm³/mol. The molecule has 2 aromatic carbocycles. The van der Waals surface area contributed by atoms with Gasteiger partial charge in [0.15, 0.2) is 0 Å². The maximum absolute atomic E-state index is 13.0. The van der Waals surface area contributed by atoms with Gasteiger partial charge in [-0.25, -0.2) is 17.5 Å². The fourth-order valence-corrected chi connectivity index (χ4v) is 3.13. The van der Waals surface area contributed by atoms with Crippen LogP contribution in [0.4, 0.5) is 10.1 Å². The lowest BCUT2D eigenvalue weighted by Crippen LogP contribution is -2.27. The highest BCUT2D eigenvalue weighted by Gasteiger charge is 2.14. The van der Waals surface area contributed by atoms with Gasteiger partial charge in [0.25, 0.3) is 0 Å². The monoisotopic (exact) mass is 390 g/mol. The molecule has 128 valence electrons. The molecule has 0 unspecified atom stereocenters. The van der Waals surface area contributed by atoms with Crippen LogP contribution >= 0.6 is 23.2 Å². The molecule has 2 N–H and O–H groups in total. The van der Waals surface area contributed by atoms with Crippen molar-refractivity contribution in [1.29, 1.82) is 0 Å². The quantitative estimate of drug-likeness (QED) is 0.792. The number of benzene rings is 2. The fourth-order valence-electron chi connectivity index (χ4n) is 1.79. The summed E-state index contributed by atoms with van der Waals surface area (Å²) >= 11 is 11.3. The van der Waals surface area contributed by atoms with Crippen LogP contribution in [0.3, 0.4) is 0 Å². The van der Waals surface area contributed by atoms with E-state index in [1.165, 1.54) is 36.4 Å². The SMILES string of the molecule is O=C(CCNS(=O)(=O)c1ccc(Cl)cc1)Nc1ccc(F)c(Cl)c1. The third-order valence-electron chi connectivity index (χ3n) is 2.97. The number of carbonyl (C=O) groups is 1. The average Bonchev–Trinajstić information content (AvgIpc) is 2.51. The first-order chi connectivity index (χ1) is 11.3. The zero-order valence-electron chi connectivity index (χ0n) is 12.2. The number of hydrogen-bond donors (Lipinski definition) is 2. The van der Waals surface area contributed by atoms with Crippen LogP contribution in [0.15, 0.2) is 47.4 Å². The topological polar surface area (TPSA) is 75.3 Å². The largest absolute Gasteiger partial charge is 0.326 e. The highest BCUT2D eigenvalue weighted by atomic mass is 35.5. The highest BCUT2D eigenvalue weighted by Crippen LogP contribution is 2.19. The number of hydrogen-bond acceptors (Lipinski definition) is 3. The van der Waals surface area contributed by atoms with Crippen LogP contribution in [0.5, 0.6) is 0 Å². The molecule has 0 fully saturated rings. The van der Waals surface area contributed by atoms with Crippen LogP contribution in [0.2, 0.25) is 10.0 Å². The number of amides is 1. The molecule has 9 heteroatoms. The summed E-state index contributed by atoms with van der Waals surface area (Å²) in [6, 6.07) is 9.41. The number of sulfonamides is 1. The summed E-state index contributed by atoms with van der Waals surface area (Å²) in [5, 5.41) is 2.81. The minimum Gasteiger partial charge on any atom is -0.326 e. The van der Waals surface area contributed by atoms with Crippen molar-refractivity contribution in [3.05, 3.63) is 58.3 Å². The van der Waals surface area contributed by atoms with Crippen LogP contribution in [0, 0.1) is 5.82 Å². The van der Waals surface area contributed by atoms with Crippen LogP contribution < -0.4 is 10.0 Å². The fraction of sp³-hybridized carbons (Fsp3) is 0.133. The number of halogens is 3. The maximum Gasteiger partial charge on any atom is 0.240 e. The molecule has 0 aliphatic rings. The van der Waals surface area contributed by atoms with Gasteiger partial charge in [-0.1, -0.05) is 23.2 Å². The van der Waals surface area contributed by atoms with E-state index in [0.717, 1.165) is 6.07 Å². The second-order valence-electron chi connectivity index (χ2n) is 4.78. The molecule has 5 nitrogen and oxygen atoms in total. The second-order valence-corrected chi connectivity index (χ2v) is 7.39. The summed E-state index contributed by atoms with van der Waals surface area (Å²) in [5.41, 5.74) is 0.326. The van der Waals surface area contributed by atoms with E-state index >= 15 is 0 Å². The molecule has 2 aromatic rings. The molecular formula is C15H13Cl2FN2O3S. The summed E-state index contributed by atoms with van der Waals surface area (Å²) in [6.07, 6.45) is -0.0954. The Morgan fingerprint density at radius 2 is 1.75 bits per heavy atom. The summed E-state index contributed by atoms with van der Waals surface area (Å²) in [4.78, 5) is 11.8. The molecule has 2 rings (SSSR count). The number of anilines is 1. The van der Waals surface area contributed by atoms with Gasteiger partial charge in [0.05, 0.1) is 9.92 Å². The summed E-state index contributed by atoms with van der Waals surface area (Å²) in [7, 11) is -3.72. The van der Waals surface area contributed by atoms with Crippen molar-refractivity contribution in [3.63, 3.8) is 0 Å². The standard InChI is InChI=1S/C15H13Cl2FN2O3S/c16-10-1-4-12(5-2-10)24(22,23)19-8-7-15(21)20-11-3-6-14(18)13(17)9-11/h1-6,9,19H,7-8H2,(H,20,21). The molecule has 0 aromatic heterocycles. The number of nitrogens with one attached hydrogen (secondary N) is 2. The molecule has 0 saturated heterocycles. The summed E-state index contributed by atoms with van der Waals surface area (Å²) in [6.45, 7) is -0.0915. The summed E-state index contributed by atoms with van der Waals surface area (Å²) in [5.74, 6) is -1.03. The van der Waals surface area contributed by atoms with Gasteiger partial charge in [-0.2, -0.15) is 0 Å². The van der Waals surface area contributed by atoms with Gasteiger partial charge in [-0.3, -0.25) is 4.79 Å². The Labute approximate surface area is 148 Å². The van der Waals surface area contributed by atoms with E-state index in [1.807, 2.05) is 0 Å². The van der Waals surface area contributed by atoms with Crippen LogP contribution in [0.1, 0.15) is 6.42 Å². The first-order valence-corrected chi connectivity index (χ1v) is 9.02. The minimum atomic E-state index is -3.72. The smallest absolute Gasteiger partial charge is 0.240 e. The molecule has 1 amide bonds. The Balaban J connectivity index is 1.87. The number of carbonyl (C=O) groups excluding carboxylic acids is 1. The lowest BCUT2D eigenvalue weighted by Gasteiger charge is -2.08. The van der Waals surface area contributed by atoms with E-state index in [9.17, 15) is 17.6 Å². The Morgan fingerprint density at radius 3 is 2.38 bits per heavy atom. The minimum absolute atomic E-state index is 0.0534. The lowest BCUT2D eigenvalue weighted by atomic mass is 10.3. The molecular weight excluding hydrogens is 378 g/mol. The molecule has 0 saturated carbocycles. The second kappa shape index (κ2) is 7.94. The first-order valence-electron chi connectivity index (χ1n) is 6.78. The van der Waals surface area contributed by atoms with E-state index in [-0.39, 0.29) is 22.9 Å². The number of rotatable bonds is 6. The van der Waals surface area contributed by atoms with E-state index in [4.69, 9.17) is 23.2 Å². The Morgan fingerprint density at radius 1 is 1.08 bits per heavy atom. The van der Waals surface area contributed by atoms with Crippen molar-refractivity contribution < 1.29 is 17.6 Å². The van der Waals surface area contributed by atoms with Gasteiger partial charge >= 0.3 is 0 Å². The van der Waals surface area contributed by atoms with Crippen molar-refractivity contribution in [3.8, 4) is 0 Å². The maximum atomic E-state index is 13.0. The third-order valence-corrected chi connectivity index (χ3v) is 4.99. The van der Waals surface area contributed by atoms with Crippen molar-refractivity contribution >= 4 is 44.8 Å². The van der Waals surface area contributed by atoms with Gasteiger partial charge in [0.1, 0.15) is 5.82 Å². The normalized spacial score (nSPS) is 11.3. The molecule has 0 aliphatic heterocycles. The van der Waals surface area contributed by atoms with E-state index in [1.54, 1.807) is 0 Å². The lowest BCUT2D eigenvalue weighted by molar-refractivity contribution is -0.116. The van der Waals surface area contributed by atoms with Gasteiger partial charge in [-0.05, 0) is 42.5 Å². The molecule has 0 bridgehead atoms. The van der Waals surface area contributed by atoms with Crippen molar-refractivity contribution in [1.82, 2.24) is 4.72 Å². The van der Waals surface area contributed by atoms with Crippen LogP contribution in [-0.2, 0) is 14.8 Å². The molecule has 0 radical (unpaired) electrons. The van der Waals surface area contributed by atoms with Gasteiger partial charge < -0.3 is 5.32 Å². The Kier molecular flexibility index (Phi) is 6.17. The van der Waals surface area contributed by atoms with Crippen LogP contribution in [-0.4, -0.2) is 20.9 Å². The average molecular weight is 391 g/mol. The van der Waals surface area contributed by atoms with Gasteiger partial charge in [-0.15, -0.1) is 0 Å². The highest BCUT2D eigenvalue weighted by molar-refractivity contribution is 7.89. The van der Waals surface area contributed by atoms with Crippen LogP contribution in [0.25, 0.3) is 0 Å². The van der Waals surface area contributed by atoms with Gasteiger partial charge in [0, 0.05) is 23.7 Å². The molecule has 0 atom stereocenters. The molecule has 0 heterocycles. The molecule has 24 heavy (non-hydrogen) atoms. The zero-order chi connectivity index (χ0) is 17.7. The van der Waals surface area contributed by atoms with E-state index in [2.05, 4.69) is 10.0 Å². The third kappa shape index (κ3) is 5.17. The van der Waals surface area contributed by atoms with E-state index in [0.29, 0.717) is 10.7 Å². The first kappa shape index (κ1) is 18.7. The predicted octanol–water partition coefficient (Wildman–Crippen LogP) is 3.44. The van der Waals surface area contributed by atoms with Crippen molar-refractivity contribution in [2.45, 2.75) is 11.3 Å². The zero-order valence-corrected chi connectivity index (χ0v) is 14.6. The molecule has 0 aliphatic carbocycles.